The van der Waals surface area contributed by atoms with Gasteiger partial charge < -0.3 is 33.8 Å². The lowest BCUT2D eigenvalue weighted by Gasteiger charge is -2.21. The molecule has 0 aromatic rings. The molecule has 19 heteroatoms. The zero-order valence-electron chi connectivity index (χ0n) is 65.0. The first kappa shape index (κ1) is 97.1. The van der Waals surface area contributed by atoms with Crippen molar-refractivity contribution in [2.75, 3.05) is 39.6 Å². The van der Waals surface area contributed by atoms with Gasteiger partial charge in [-0.1, -0.05) is 363 Å². The predicted molar refractivity (Wildman–Crippen MR) is 405 cm³/mol. The molecule has 0 saturated heterocycles. The number of carbonyl (C=O) groups excluding carboxylic acids is 4. The van der Waals surface area contributed by atoms with Crippen LogP contribution < -0.4 is 0 Å². The molecule has 5 atom stereocenters. The fraction of sp³-hybridized carbons (Fsp3) is 0.950. The van der Waals surface area contributed by atoms with Gasteiger partial charge in [0.05, 0.1) is 26.4 Å². The lowest BCUT2D eigenvalue weighted by Crippen LogP contribution is -2.30. The summed E-state index contributed by atoms with van der Waals surface area (Å²) in [5.41, 5.74) is 0. The third kappa shape index (κ3) is 74.1. The van der Waals surface area contributed by atoms with Crippen molar-refractivity contribution in [2.24, 2.45) is 17.8 Å². The normalized spacial score (nSPS) is 14.0. The molecule has 0 aliphatic carbocycles. The van der Waals surface area contributed by atoms with E-state index < -0.39 is 97.5 Å². The highest BCUT2D eigenvalue weighted by Gasteiger charge is 2.30. The highest BCUT2D eigenvalue weighted by Crippen LogP contribution is 2.45. The second-order valence-corrected chi connectivity index (χ2v) is 33.1. The van der Waals surface area contributed by atoms with Crippen LogP contribution in [-0.4, -0.2) is 96.7 Å². The fourth-order valence-corrected chi connectivity index (χ4v) is 13.9. The SMILES string of the molecule is CCCCCCCCCC(=O)OC[C@H](COP(=O)(O)OC[C@H](O)COP(=O)(O)OC[C@@H](COC(=O)CCCCCCCCCCCCCCCCC(C)C)OC(=O)CCCCCCCCCCCCCCCCCCCCC(C)C)OC(=O)CCCCCCCCCCCCCC(C)C. The van der Waals surface area contributed by atoms with Gasteiger partial charge in [-0.05, 0) is 43.4 Å². The molecular weight excluding hydrogens is 1290 g/mol. The van der Waals surface area contributed by atoms with Crippen LogP contribution in [0.3, 0.4) is 0 Å². The summed E-state index contributed by atoms with van der Waals surface area (Å²) in [6, 6.07) is 0. The topological polar surface area (TPSA) is 237 Å². The molecule has 0 aliphatic heterocycles. The summed E-state index contributed by atoms with van der Waals surface area (Å²) >= 11 is 0. The number of phosphoric ester groups is 2. The molecule has 99 heavy (non-hydrogen) atoms. The van der Waals surface area contributed by atoms with Gasteiger partial charge in [-0.15, -0.1) is 0 Å². The Morgan fingerprint density at radius 2 is 0.465 bits per heavy atom. The van der Waals surface area contributed by atoms with Gasteiger partial charge in [0.15, 0.2) is 12.2 Å². The Hall–Kier alpha value is -1.94. The molecule has 0 heterocycles. The lowest BCUT2D eigenvalue weighted by molar-refractivity contribution is -0.161. The van der Waals surface area contributed by atoms with Gasteiger partial charge in [-0.2, -0.15) is 0 Å². The number of hydrogen-bond acceptors (Lipinski definition) is 15. The zero-order chi connectivity index (χ0) is 73.0. The molecule has 0 aliphatic rings. The number of phosphoric acid groups is 2. The fourth-order valence-electron chi connectivity index (χ4n) is 12.3. The molecule has 0 aromatic carbocycles. The predicted octanol–water partition coefficient (Wildman–Crippen LogP) is 23.7. The number of unbranched alkanes of at least 4 members (excludes halogenated alkanes) is 46. The van der Waals surface area contributed by atoms with E-state index in [0.29, 0.717) is 25.7 Å². The van der Waals surface area contributed by atoms with Gasteiger partial charge in [0.25, 0.3) is 0 Å². The monoisotopic (exact) mass is 1450 g/mol. The maximum absolute atomic E-state index is 13.1. The van der Waals surface area contributed by atoms with Crippen molar-refractivity contribution < 1.29 is 80.2 Å². The number of hydrogen-bond donors (Lipinski definition) is 3. The van der Waals surface area contributed by atoms with E-state index in [1.165, 1.54) is 212 Å². The molecule has 0 spiro atoms. The minimum Gasteiger partial charge on any atom is -0.462 e. The van der Waals surface area contributed by atoms with Crippen molar-refractivity contribution in [1.82, 2.24) is 0 Å². The smallest absolute Gasteiger partial charge is 0.462 e. The van der Waals surface area contributed by atoms with Crippen molar-refractivity contribution in [1.29, 1.82) is 0 Å². The zero-order valence-corrected chi connectivity index (χ0v) is 66.8. The number of esters is 4. The van der Waals surface area contributed by atoms with Gasteiger partial charge in [-0.3, -0.25) is 37.3 Å². The van der Waals surface area contributed by atoms with E-state index in [4.69, 9.17) is 37.0 Å². The Kier molecular flexibility index (Phi) is 69.0. The van der Waals surface area contributed by atoms with Crippen molar-refractivity contribution in [3.05, 3.63) is 0 Å². The summed E-state index contributed by atoms with van der Waals surface area (Å²) in [7, 11) is -9.91. The van der Waals surface area contributed by atoms with Crippen molar-refractivity contribution >= 4 is 39.5 Å². The van der Waals surface area contributed by atoms with E-state index in [2.05, 4.69) is 48.5 Å². The first-order valence-corrected chi connectivity index (χ1v) is 44.3. The van der Waals surface area contributed by atoms with E-state index in [1.54, 1.807) is 0 Å². The molecule has 0 saturated carbocycles. The second-order valence-electron chi connectivity index (χ2n) is 30.2. The van der Waals surface area contributed by atoms with Gasteiger partial charge in [0, 0.05) is 25.7 Å². The van der Waals surface area contributed by atoms with Crippen LogP contribution in [0.5, 0.6) is 0 Å². The molecule has 3 N–H and O–H groups in total. The molecule has 588 valence electrons. The van der Waals surface area contributed by atoms with Gasteiger partial charge in [0.1, 0.15) is 19.3 Å². The summed E-state index contributed by atoms with van der Waals surface area (Å²) < 4.78 is 68.6. The molecule has 0 rings (SSSR count). The highest BCUT2D eigenvalue weighted by molar-refractivity contribution is 7.47. The maximum Gasteiger partial charge on any atom is 0.472 e. The summed E-state index contributed by atoms with van der Waals surface area (Å²) in [6.07, 6.45) is 58.5. The number of carbonyl (C=O) groups is 4. The van der Waals surface area contributed by atoms with Crippen LogP contribution >= 0.6 is 15.6 Å². The van der Waals surface area contributed by atoms with Crippen molar-refractivity contribution in [3.63, 3.8) is 0 Å². The van der Waals surface area contributed by atoms with Crippen LogP contribution in [0.25, 0.3) is 0 Å². The summed E-state index contributed by atoms with van der Waals surface area (Å²) in [6.45, 7) is 11.9. The quantitative estimate of drug-likeness (QED) is 0.0222. The van der Waals surface area contributed by atoms with Gasteiger partial charge in [-0.25, -0.2) is 9.13 Å². The second kappa shape index (κ2) is 70.4. The Labute approximate surface area is 607 Å². The Bertz CT molecular complexity index is 1920. The molecule has 0 amide bonds. The molecule has 0 bridgehead atoms. The van der Waals surface area contributed by atoms with Crippen LogP contribution in [0, 0.1) is 17.8 Å². The van der Waals surface area contributed by atoms with Crippen LogP contribution in [0.15, 0.2) is 0 Å². The Morgan fingerprint density at radius 1 is 0.273 bits per heavy atom. The standard InChI is InChI=1S/C80H156O17P2/c1-8-9-10-11-37-47-54-61-77(82)90-67-75(96-80(85)64-57-50-43-36-30-24-27-33-40-46-53-60-73(6)7)69-94-98(86,87)92-65-74(81)66-93-99(88,89)95-70-76(68-91-78(83)62-55-48-41-34-28-22-19-18-21-26-32-39-45-52-59-72(4)5)97-79(84)63-56-49-42-35-29-23-17-15-13-12-14-16-20-25-31-38-44-51-58-71(2)3/h71-76,81H,8-70H2,1-7H3,(H,86,87)(H,88,89)/t74-,75+,76+/m0/s1. The first-order chi connectivity index (χ1) is 47.7. The number of ether oxygens (including phenoxy) is 4. The van der Waals surface area contributed by atoms with E-state index in [-0.39, 0.29) is 25.7 Å². The summed E-state index contributed by atoms with van der Waals surface area (Å²) in [5, 5.41) is 10.6. The Morgan fingerprint density at radius 3 is 0.687 bits per heavy atom. The number of rotatable bonds is 78. The molecule has 0 radical (unpaired) electrons. The average molecular weight is 1450 g/mol. The van der Waals surface area contributed by atoms with E-state index in [9.17, 15) is 43.2 Å². The summed E-state index contributed by atoms with van der Waals surface area (Å²) in [4.78, 5) is 72.8. The summed E-state index contributed by atoms with van der Waals surface area (Å²) in [5.74, 6) is 0.268. The lowest BCUT2D eigenvalue weighted by atomic mass is 10.0. The molecular formula is C80H156O17P2. The highest BCUT2D eigenvalue weighted by atomic mass is 31.2. The van der Waals surface area contributed by atoms with Gasteiger partial charge in [0.2, 0.25) is 0 Å². The van der Waals surface area contributed by atoms with E-state index >= 15 is 0 Å². The molecule has 0 fully saturated rings. The minimum atomic E-state index is -4.96. The van der Waals surface area contributed by atoms with Crippen LogP contribution in [0.1, 0.15) is 414 Å². The Balaban J connectivity index is 5.18. The number of aliphatic hydroxyl groups is 1. The average Bonchev–Trinajstić information content (AvgIpc) is 0.998. The molecule has 17 nitrogen and oxygen atoms in total. The van der Waals surface area contributed by atoms with E-state index in [0.717, 1.165) is 120 Å². The van der Waals surface area contributed by atoms with Crippen LogP contribution in [-0.2, 0) is 65.4 Å². The minimum absolute atomic E-state index is 0.106. The van der Waals surface area contributed by atoms with Gasteiger partial charge >= 0.3 is 39.5 Å². The van der Waals surface area contributed by atoms with Crippen molar-refractivity contribution in [3.8, 4) is 0 Å². The third-order valence-corrected chi connectivity index (χ3v) is 20.5. The van der Waals surface area contributed by atoms with Crippen LogP contribution in [0.4, 0.5) is 0 Å². The molecule has 0 aromatic heterocycles. The van der Waals surface area contributed by atoms with E-state index in [1.807, 2.05) is 0 Å². The third-order valence-electron chi connectivity index (χ3n) is 18.6. The van der Waals surface area contributed by atoms with Crippen molar-refractivity contribution in [2.45, 2.75) is 433 Å². The molecule has 2 unspecified atom stereocenters. The first-order valence-electron chi connectivity index (χ1n) is 41.3. The number of aliphatic hydroxyl groups excluding tert-OH is 1. The van der Waals surface area contributed by atoms with Crippen LogP contribution in [0.2, 0.25) is 0 Å². The largest absolute Gasteiger partial charge is 0.472 e. The maximum atomic E-state index is 13.1.